The fourth-order valence-electron chi connectivity index (χ4n) is 9.38. The fraction of sp³-hybridized carbons (Fsp3) is 0.609. The Morgan fingerprint density at radius 2 is 1.59 bits per heavy atom. The molecule has 3 aliphatic carbocycles. The number of imide groups is 1. The van der Waals surface area contributed by atoms with Crippen LogP contribution in [0.25, 0.3) is 0 Å². The van der Waals surface area contributed by atoms with E-state index in [2.05, 4.69) is 36.7 Å². The summed E-state index contributed by atoms with van der Waals surface area (Å²) in [5.74, 6) is -3.19. The van der Waals surface area contributed by atoms with Crippen LogP contribution in [-0.4, -0.2) is 121 Å². The van der Waals surface area contributed by atoms with E-state index < -0.39 is 71.7 Å². The van der Waals surface area contributed by atoms with Gasteiger partial charge in [-0.05, 0) is 109 Å². The summed E-state index contributed by atoms with van der Waals surface area (Å²) in [6.07, 6.45) is 0.900. The maximum atomic E-state index is 14.8. The van der Waals surface area contributed by atoms with Gasteiger partial charge in [-0.1, -0.05) is 50.2 Å². The number of carbonyl (C=O) groups excluding carboxylic acids is 6. The predicted molar refractivity (Wildman–Crippen MR) is 235 cm³/mol. The molecule has 1 unspecified atom stereocenters. The van der Waals surface area contributed by atoms with Crippen LogP contribution in [0.1, 0.15) is 110 Å². The minimum Gasteiger partial charge on any atom is -0.495 e. The molecule has 64 heavy (non-hydrogen) atoms. The maximum Gasteiger partial charge on any atom is 0.482 e. The first-order valence-electron chi connectivity index (χ1n) is 22.1. The van der Waals surface area contributed by atoms with E-state index >= 15 is 0 Å². The number of carbonyl (C=O) groups is 6. The largest absolute Gasteiger partial charge is 0.495 e. The molecule has 348 valence electrons. The summed E-state index contributed by atoms with van der Waals surface area (Å²) in [7, 11) is 0.432. The first kappa shape index (κ1) is 48.1. The quantitative estimate of drug-likeness (QED) is 0.0996. The second kappa shape index (κ2) is 18.6. The van der Waals surface area contributed by atoms with Crippen molar-refractivity contribution in [1.29, 1.82) is 0 Å². The molecular formula is C46H64BN5O12. The van der Waals surface area contributed by atoms with E-state index in [1.54, 1.807) is 90.9 Å². The fourth-order valence-corrected chi connectivity index (χ4v) is 9.38. The Balaban J connectivity index is 1.33. The molecule has 2 heterocycles. The van der Waals surface area contributed by atoms with Crippen LogP contribution in [0, 0.1) is 17.3 Å². The van der Waals surface area contributed by atoms with Crippen molar-refractivity contribution in [2.75, 3.05) is 39.9 Å². The number of hydrogen-bond acceptors (Lipinski definition) is 12. The molecule has 2 aromatic carbocycles. The molecule has 5 aliphatic rings. The Morgan fingerprint density at radius 1 is 0.906 bits per heavy atom. The van der Waals surface area contributed by atoms with E-state index in [1.165, 1.54) is 12.0 Å². The lowest BCUT2D eigenvalue weighted by atomic mass is 9.43. The van der Waals surface area contributed by atoms with Gasteiger partial charge in [0.2, 0.25) is 5.91 Å². The van der Waals surface area contributed by atoms with Gasteiger partial charge in [-0.2, -0.15) is 0 Å². The standard InChI is InChI=1S/C46H64BN5O12/c1-12-51-21-22-52(39(55)38(51)54)41(57)50-35(27-16-14-13-15-17-27)37(53)49-33(47-63-32-26-29-25-31(45(29,8)9)46(32,10)64-47)24-28-18-19-30(60-23-20-48-42(58)62-44(5,6)7)34(36(28)59-11)40(56)61-43(2,3)4/h13-19,29,31-33,35H,12,20-26H2,1-11H3,(H,48,58)(H,49,53)(H,50,57)/t29-,31-,32+,33-,35?,46-/m0/s1. The summed E-state index contributed by atoms with van der Waals surface area (Å²) in [4.78, 5) is 82.8. The summed E-state index contributed by atoms with van der Waals surface area (Å²) >= 11 is 0. The van der Waals surface area contributed by atoms with E-state index in [-0.39, 0.29) is 67.2 Å². The van der Waals surface area contributed by atoms with Gasteiger partial charge >= 0.3 is 37.0 Å². The van der Waals surface area contributed by atoms with Gasteiger partial charge in [0.05, 0.1) is 31.3 Å². The van der Waals surface area contributed by atoms with Gasteiger partial charge in [-0.25, -0.2) is 14.4 Å². The number of likely N-dealkylation sites (N-methyl/N-ethyl adjacent to an activating group) is 1. The molecule has 5 fully saturated rings. The summed E-state index contributed by atoms with van der Waals surface area (Å²) in [6, 6.07) is 9.64. The minimum atomic E-state index is -1.32. The van der Waals surface area contributed by atoms with Gasteiger partial charge in [-0.3, -0.25) is 19.3 Å². The van der Waals surface area contributed by atoms with Crippen LogP contribution in [0.15, 0.2) is 42.5 Å². The lowest BCUT2D eigenvalue weighted by Crippen LogP contribution is -2.65. The second-order valence-corrected chi connectivity index (χ2v) is 19.7. The molecule has 3 N–H and O–H groups in total. The Kier molecular flexibility index (Phi) is 14.0. The number of nitrogens with zero attached hydrogens (tertiary/aromatic N) is 2. The molecule has 2 aromatic rings. The predicted octanol–water partition coefficient (Wildman–Crippen LogP) is 4.99. The SMILES string of the molecule is CCN1CCN(C(=O)NC(C(=O)N[C@@H](Cc2ccc(OCCNC(=O)OC(C)(C)C)c(C(=O)OC(C)(C)C)c2OC)B2O[C@@H]3C[C@@H]4C[C@@H](C4(C)C)[C@]3(C)O2)c2ccccc2)C(=O)C1=O. The number of nitrogens with one attached hydrogen (secondary N) is 3. The number of benzene rings is 2. The van der Waals surface area contributed by atoms with Crippen molar-refractivity contribution in [2.24, 2.45) is 17.3 Å². The molecule has 0 spiro atoms. The highest BCUT2D eigenvalue weighted by Gasteiger charge is 2.68. The number of amides is 6. The Hall–Kier alpha value is -5.36. The van der Waals surface area contributed by atoms with Crippen molar-refractivity contribution in [3.63, 3.8) is 0 Å². The lowest BCUT2D eigenvalue weighted by molar-refractivity contribution is -0.199. The summed E-state index contributed by atoms with van der Waals surface area (Å²) in [5, 5.41) is 8.46. The number of piperazine rings is 1. The molecule has 7 rings (SSSR count). The van der Waals surface area contributed by atoms with Crippen molar-refractivity contribution in [3.8, 4) is 11.5 Å². The Morgan fingerprint density at radius 3 is 2.22 bits per heavy atom. The third-order valence-corrected chi connectivity index (χ3v) is 12.7. The zero-order valence-corrected chi connectivity index (χ0v) is 39.0. The number of hydrogen-bond donors (Lipinski definition) is 3. The Labute approximate surface area is 376 Å². The summed E-state index contributed by atoms with van der Waals surface area (Å²) in [6.45, 7) is 19.2. The topological polar surface area (TPSA) is 200 Å². The molecule has 0 aromatic heterocycles. The van der Waals surface area contributed by atoms with Crippen LogP contribution in [-0.2, 0) is 39.6 Å². The van der Waals surface area contributed by atoms with Crippen LogP contribution in [0.5, 0.6) is 11.5 Å². The average molecular weight is 890 g/mol. The molecule has 2 saturated heterocycles. The van der Waals surface area contributed by atoms with E-state index in [0.717, 1.165) is 17.7 Å². The van der Waals surface area contributed by atoms with Crippen LogP contribution in [0.4, 0.5) is 9.59 Å². The third-order valence-electron chi connectivity index (χ3n) is 12.7. The molecule has 18 heteroatoms. The highest BCUT2D eigenvalue weighted by atomic mass is 16.7. The molecular weight excluding hydrogens is 825 g/mol. The molecule has 2 bridgehead atoms. The highest BCUT2D eigenvalue weighted by molar-refractivity contribution is 6.48. The van der Waals surface area contributed by atoms with Crippen molar-refractivity contribution < 1.29 is 57.0 Å². The van der Waals surface area contributed by atoms with Gasteiger partial charge in [0.1, 0.15) is 40.9 Å². The lowest BCUT2D eigenvalue weighted by Gasteiger charge is -2.64. The van der Waals surface area contributed by atoms with Crippen LogP contribution >= 0.6 is 0 Å². The second-order valence-electron chi connectivity index (χ2n) is 19.7. The number of ether oxygens (including phenoxy) is 4. The van der Waals surface area contributed by atoms with Gasteiger partial charge in [-0.15, -0.1) is 0 Å². The van der Waals surface area contributed by atoms with Crippen LogP contribution in [0.2, 0.25) is 0 Å². The monoisotopic (exact) mass is 889 g/mol. The van der Waals surface area contributed by atoms with E-state index in [0.29, 0.717) is 23.6 Å². The number of rotatable bonds is 14. The first-order valence-corrected chi connectivity index (χ1v) is 22.1. The van der Waals surface area contributed by atoms with E-state index in [1.807, 2.05) is 0 Å². The molecule has 0 radical (unpaired) electrons. The first-order chi connectivity index (χ1) is 30.0. The van der Waals surface area contributed by atoms with Crippen LogP contribution < -0.4 is 25.4 Å². The van der Waals surface area contributed by atoms with E-state index in [4.69, 9.17) is 28.3 Å². The summed E-state index contributed by atoms with van der Waals surface area (Å²) in [5.41, 5.74) is -1.34. The zero-order chi connectivity index (χ0) is 46.9. The molecule has 3 saturated carbocycles. The van der Waals surface area contributed by atoms with Gasteiger partial charge in [0.25, 0.3) is 0 Å². The van der Waals surface area contributed by atoms with Gasteiger partial charge in [0.15, 0.2) is 0 Å². The molecule has 2 aliphatic heterocycles. The zero-order valence-electron chi connectivity index (χ0n) is 39.0. The normalized spacial score (nSPS) is 23.5. The molecule has 6 atom stereocenters. The highest BCUT2D eigenvalue weighted by Crippen LogP contribution is 2.65. The average Bonchev–Trinajstić information content (AvgIpc) is 3.58. The number of urea groups is 1. The van der Waals surface area contributed by atoms with Crippen molar-refractivity contribution in [2.45, 2.75) is 123 Å². The van der Waals surface area contributed by atoms with Crippen molar-refractivity contribution in [1.82, 2.24) is 25.8 Å². The third kappa shape index (κ3) is 10.3. The van der Waals surface area contributed by atoms with E-state index in [9.17, 15) is 28.8 Å². The smallest absolute Gasteiger partial charge is 0.482 e. The number of alkyl carbamates (subject to hydrolysis) is 1. The minimum absolute atomic E-state index is 0.00876. The summed E-state index contributed by atoms with van der Waals surface area (Å²) < 4.78 is 36.9. The number of esters is 1. The number of methoxy groups -OCH3 is 1. The van der Waals surface area contributed by atoms with Gasteiger partial charge < -0.3 is 49.1 Å². The molecule has 6 amide bonds. The van der Waals surface area contributed by atoms with Crippen molar-refractivity contribution >= 4 is 42.9 Å². The van der Waals surface area contributed by atoms with Crippen molar-refractivity contribution in [3.05, 3.63) is 59.2 Å². The maximum absolute atomic E-state index is 14.8. The Bertz CT molecular complexity index is 2110. The molecule has 17 nitrogen and oxygen atoms in total. The van der Waals surface area contributed by atoms with Crippen LogP contribution in [0.3, 0.4) is 0 Å². The van der Waals surface area contributed by atoms with Gasteiger partial charge in [0, 0.05) is 19.6 Å².